The van der Waals surface area contributed by atoms with Crippen LogP contribution in [0.5, 0.6) is 0 Å². The Hall–Kier alpha value is -2.74. The molecule has 0 amide bonds. The van der Waals surface area contributed by atoms with Gasteiger partial charge in [0.1, 0.15) is 0 Å². The van der Waals surface area contributed by atoms with Crippen LogP contribution in [-0.2, 0) is 18.0 Å². The first-order chi connectivity index (χ1) is 17.3. The number of allylic oxidation sites excluding steroid dienone is 4. The highest BCUT2D eigenvalue weighted by molar-refractivity contribution is 7.58. The summed E-state index contributed by atoms with van der Waals surface area (Å²) in [5.41, 5.74) is 3.85. The zero-order chi connectivity index (χ0) is 27.6. The van der Waals surface area contributed by atoms with Gasteiger partial charge in [0.25, 0.3) is 7.82 Å². The van der Waals surface area contributed by atoms with E-state index in [-0.39, 0.29) is 17.4 Å². The Morgan fingerprint density at radius 3 is 2.18 bits per heavy atom. The van der Waals surface area contributed by atoms with E-state index in [1.54, 1.807) is 13.0 Å². The molecule has 0 spiro atoms. The Bertz CT molecular complexity index is 1280. The molecule has 1 aromatic carbocycles. The summed E-state index contributed by atoms with van der Waals surface area (Å²) in [4.78, 5) is 42.5. The third kappa shape index (κ3) is 11.8. The van der Waals surface area contributed by atoms with Crippen LogP contribution in [0.3, 0.4) is 0 Å². The second kappa shape index (κ2) is 15.0. The van der Waals surface area contributed by atoms with E-state index in [0.717, 1.165) is 24.0 Å². The Labute approximate surface area is 219 Å². The normalized spacial score (nSPS) is 14.7. The quantitative estimate of drug-likeness (QED) is 0.133. The second-order valence-corrected chi connectivity index (χ2v) is 10.9. The zero-order valence-corrected chi connectivity index (χ0v) is 23.2. The minimum absolute atomic E-state index is 0. The first-order valence-electron chi connectivity index (χ1n) is 11.1. The largest absolute Gasteiger partial charge is 0.790 e. The van der Waals surface area contributed by atoms with Gasteiger partial charge < -0.3 is 35.2 Å². The highest BCUT2D eigenvalue weighted by Gasteiger charge is 2.19. The molecule has 0 saturated heterocycles. The van der Waals surface area contributed by atoms with Crippen molar-refractivity contribution in [3.8, 4) is 0 Å². The Morgan fingerprint density at radius 1 is 1.00 bits per heavy atom. The first kappa shape index (κ1) is 33.3. The smallest absolute Gasteiger partial charge is 0.300 e. The molecular formula is C21H31N5O10P2-2. The van der Waals surface area contributed by atoms with Crippen LogP contribution in [0.4, 0.5) is 11.4 Å². The summed E-state index contributed by atoms with van der Waals surface area (Å²) < 4.78 is 33.9. The topological polar surface area (TPSA) is 252 Å². The Morgan fingerprint density at radius 2 is 1.58 bits per heavy atom. The third-order valence-corrected chi connectivity index (χ3v) is 7.14. The van der Waals surface area contributed by atoms with E-state index in [9.17, 15) is 33.9 Å². The molecule has 0 fully saturated rings. The van der Waals surface area contributed by atoms with Gasteiger partial charge in [-0.15, -0.1) is 0 Å². The van der Waals surface area contributed by atoms with Crippen molar-refractivity contribution < 1.29 is 42.2 Å². The maximum Gasteiger partial charge on any atom is 0.300 e. The number of nitro benzene ring substituents is 1. The van der Waals surface area contributed by atoms with Crippen LogP contribution in [0.1, 0.15) is 46.5 Å². The summed E-state index contributed by atoms with van der Waals surface area (Å²) in [7, 11) is -10.9. The van der Waals surface area contributed by atoms with Crippen LogP contribution in [0, 0.1) is 10.1 Å². The number of nitro groups is 1. The SMILES string of the molecule is C/C(=C\CC/C(C)=C/COP(=O)([O-])OP(=O)([O-])[O-])CC/C=C(\C)CNc1ccc([N+](=O)[O-])c2nonc12.[NH4+]. The van der Waals surface area contributed by atoms with Crippen molar-refractivity contribution in [2.45, 2.75) is 46.5 Å². The molecule has 0 radical (unpaired) electrons. The number of nitrogens with one attached hydrogen (secondary N) is 1. The summed E-state index contributed by atoms with van der Waals surface area (Å²) in [6.07, 6.45) is 8.60. The number of hydrogen-bond acceptors (Lipinski definition) is 13. The van der Waals surface area contributed by atoms with Gasteiger partial charge in [0.2, 0.25) is 5.52 Å². The fraction of sp³-hybridized carbons (Fsp3) is 0.429. The lowest BCUT2D eigenvalue weighted by atomic mass is 10.1. The van der Waals surface area contributed by atoms with Crippen LogP contribution in [0.25, 0.3) is 11.0 Å². The van der Waals surface area contributed by atoms with Gasteiger partial charge in [0.15, 0.2) is 5.52 Å². The van der Waals surface area contributed by atoms with Crippen LogP contribution >= 0.6 is 15.6 Å². The predicted molar refractivity (Wildman–Crippen MR) is 135 cm³/mol. The number of phosphoric acid groups is 2. The van der Waals surface area contributed by atoms with Crippen molar-refractivity contribution in [3.63, 3.8) is 0 Å². The van der Waals surface area contributed by atoms with E-state index in [2.05, 4.69) is 41.2 Å². The number of rotatable bonds is 15. The second-order valence-electron chi connectivity index (χ2n) is 8.20. The minimum Gasteiger partial charge on any atom is -0.790 e. The maximum absolute atomic E-state index is 11.2. The van der Waals surface area contributed by atoms with Crippen LogP contribution < -0.4 is 26.1 Å². The molecule has 5 N–H and O–H groups in total. The van der Waals surface area contributed by atoms with Crippen molar-refractivity contribution in [3.05, 3.63) is 57.2 Å². The van der Waals surface area contributed by atoms with Crippen molar-refractivity contribution in [1.29, 1.82) is 0 Å². The first-order valence-corrected chi connectivity index (χ1v) is 14.0. The van der Waals surface area contributed by atoms with Gasteiger partial charge in [-0.2, -0.15) is 0 Å². The molecule has 212 valence electrons. The number of quaternary nitrogens is 1. The number of benzene rings is 1. The molecule has 2 aromatic rings. The lowest BCUT2D eigenvalue weighted by Crippen LogP contribution is -2.19. The fourth-order valence-electron chi connectivity index (χ4n) is 3.16. The van der Waals surface area contributed by atoms with Gasteiger partial charge in [-0.3, -0.25) is 19.0 Å². The van der Waals surface area contributed by atoms with E-state index >= 15 is 0 Å². The van der Waals surface area contributed by atoms with Crippen LogP contribution in [0.15, 0.2) is 51.7 Å². The number of hydrogen-bond donors (Lipinski definition) is 2. The molecule has 0 bridgehead atoms. The molecule has 0 aliphatic heterocycles. The number of anilines is 1. The number of nitrogens with zero attached hydrogens (tertiary/aromatic N) is 3. The van der Waals surface area contributed by atoms with Crippen molar-refractivity contribution >= 4 is 38.1 Å². The highest BCUT2D eigenvalue weighted by Crippen LogP contribution is 2.50. The Balaban J connectivity index is 0.00000722. The van der Waals surface area contributed by atoms with Crippen molar-refractivity contribution in [1.82, 2.24) is 16.5 Å². The fourth-order valence-corrected chi connectivity index (χ4v) is 4.59. The van der Waals surface area contributed by atoms with E-state index in [0.29, 0.717) is 30.6 Å². The standard InChI is InChI=1S/C21H30N4O10P2.H3N/c1-15(6-4-8-16(2)12-13-33-37(31,32)35-36(28,29)30)7-5-9-17(3)14-22-18-10-11-19(25(26)27)21-20(18)23-34-24-21;/h6,9-12,22H,4-5,7-8,13-14H2,1-3H3,(H,31,32)(H2,28,29,30);1H3/p-2/b15-6+,16-12+,17-9+;. The van der Waals surface area contributed by atoms with Crippen LogP contribution in [0.2, 0.25) is 0 Å². The summed E-state index contributed by atoms with van der Waals surface area (Å²) in [6.45, 7) is 5.81. The molecule has 0 aliphatic rings. The molecule has 1 heterocycles. The van der Waals surface area contributed by atoms with Crippen molar-refractivity contribution in [2.75, 3.05) is 18.5 Å². The zero-order valence-electron chi connectivity index (χ0n) is 21.4. The van der Waals surface area contributed by atoms with Gasteiger partial charge in [-0.1, -0.05) is 34.9 Å². The molecule has 1 unspecified atom stereocenters. The lowest BCUT2D eigenvalue weighted by molar-refractivity contribution is -0.383. The molecule has 0 saturated carbocycles. The van der Waals surface area contributed by atoms with Crippen LogP contribution in [-0.4, -0.2) is 28.4 Å². The van der Waals surface area contributed by atoms with Gasteiger partial charge >= 0.3 is 5.69 Å². The number of aromatic nitrogens is 2. The minimum atomic E-state index is -5.69. The average molecular weight is 575 g/mol. The van der Waals surface area contributed by atoms with Gasteiger partial charge in [0, 0.05) is 12.6 Å². The van der Waals surface area contributed by atoms with E-state index < -0.39 is 27.2 Å². The number of fused-ring (bicyclic) bond motifs is 1. The Kier molecular flexibility index (Phi) is 13.1. The monoisotopic (exact) mass is 575 g/mol. The molecule has 2 rings (SSSR count). The van der Waals surface area contributed by atoms with Gasteiger partial charge in [0.05, 0.1) is 25.0 Å². The van der Waals surface area contributed by atoms with Gasteiger partial charge in [-0.05, 0) is 62.8 Å². The number of phosphoric ester groups is 1. The van der Waals surface area contributed by atoms with E-state index in [1.165, 1.54) is 17.7 Å². The maximum atomic E-state index is 11.2. The molecular weight excluding hydrogens is 544 g/mol. The van der Waals surface area contributed by atoms with E-state index in [4.69, 9.17) is 0 Å². The summed E-state index contributed by atoms with van der Waals surface area (Å²) >= 11 is 0. The lowest BCUT2D eigenvalue weighted by Gasteiger charge is -2.34. The third-order valence-electron chi connectivity index (χ3n) is 5.08. The highest BCUT2D eigenvalue weighted by atomic mass is 31.3. The molecule has 1 atom stereocenters. The molecule has 17 heteroatoms. The van der Waals surface area contributed by atoms with Gasteiger partial charge in [-0.25, -0.2) is 4.63 Å². The molecule has 0 aliphatic carbocycles. The summed E-state index contributed by atoms with van der Waals surface area (Å²) in [5, 5.41) is 21.6. The molecule has 1 aromatic heterocycles. The summed E-state index contributed by atoms with van der Waals surface area (Å²) in [6, 6.07) is 2.92. The van der Waals surface area contributed by atoms with E-state index in [1.807, 2.05) is 13.8 Å². The predicted octanol–water partition coefficient (Wildman–Crippen LogP) is 3.65. The molecule has 38 heavy (non-hydrogen) atoms. The summed E-state index contributed by atoms with van der Waals surface area (Å²) in [5.74, 6) is 0. The molecule has 15 nitrogen and oxygen atoms in total. The number of non-ortho nitro benzene ring substituents is 1. The van der Waals surface area contributed by atoms with Crippen molar-refractivity contribution in [2.24, 2.45) is 0 Å². The average Bonchev–Trinajstić information content (AvgIpc) is 3.25.